The summed E-state index contributed by atoms with van der Waals surface area (Å²) in [7, 11) is 0. The van der Waals surface area contributed by atoms with Crippen molar-refractivity contribution in [1.82, 2.24) is 10.3 Å². The third kappa shape index (κ3) is 5.31. The molecule has 1 aromatic heterocycles. The second-order valence-electron chi connectivity index (χ2n) is 7.12. The van der Waals surface area contributed by atoms with E-state index in [0.29, 0.717) is 17.7 Å². The fourth-order valence-electron chi connectivity index (χ4n) is 3.30. The zero-order valence-electron chi connectivity index (χ0n) is 16.4. The topological polar surface area (TPSA) is 74.3 Å². The molecule has 0 unspecified atom stereocenters. The molecular weight excluding hydrogens is 352 g/mol. The van der Waals surface area contributed by atoms with Crippen LogP contribution in [0.3, 0.4) is 0 Å². The van der Waals surface area contributed by atoms with Crippen LogP contribution < -0.4 is 15.5 Å². The molecule has 0 radical (unpaired) electrons. The van der Waals surface area contributed by atoms with E-state index in [1.807, 2.05) is 24.3 Å². The number of rotatable bonds is 8. The van der Waals surface area contributed by atoms with Crippen LogP contribution in [0.4, 0.5) is 11.4 Å². The average Bonchev–Trinajstić information content (AvgIpc) is 3.26. The number of carbonyl (C=O) groups is 2. The number of aromatic nitrogens is 1. The number of benzene rings is 1. The number of hydrogen-bond acceptors (Lipinski definition) is 4. The molecule has 2 heterocycles. The zero-order chi connectivity index (χ0) is 19.8. The number of unbranched alkanes of at least 4 members (excludes halogenated alkanes) is 2. The Bertz CT molecular complexity index is 798. The Morgan fingerprint density at radius 3 is 2.36 bits per heavy atom. The van der Waals surface area contributed by atoms with E-state index in [9.17, 15) is 9.59 Å². The van der Waals surface area contributed by atoms with Gasteiger partial charge in [-0.05, 0) is 49.6 Å². The number of nitrogens with zero attached hydrogens (tertiary/aromatic N) is 2. The van der Waals surface area contributed by atoms with E-state index in [4.69, 9.17) is 0 Å². The predicted octanol–water partition coefficient (Wildman–Crippen LogP) is 3.85. The summed E-state index contributed by atoms with van der Waals surface area (Å²) in [6, 6.07) is 9.45. The van der Waals surface area contributed by atoms with E-state index < -0.39 is 0 Å². The molecule has 2 N–H and O–H groups in total. The van der Waals surface area contributed by atoms with E-state index in [-0.39, 0.29) is 11.8 Å². The summed E-state index contributed by atoms with van der Waals surface area (Å²) in [4.78, 5) is 31.1. The molecule has 1 aliphatic heterocycles. The van der Waals surface area contributed by atoms with Gasteiger partial charge in [-0.25, -0.2) is 0 Å². The van der Waals surface area contributed by atoms with E-state index >= 15 is 0 Å². The maximum Gasteiger partial charge on any atom is 0.257 e. The van der Waals surface area contributed by atoms with Gasteiger partial charge >= 0.3 is 0 Å². The minimum absolute atomic E-state index is 0.201. The lowest BCUT2D eigenvalue weighted by Crippen LogP contribution is -2.25. The summed E-state index contributed by atoms with van der Waals surface area (Å²) in [6.07, 6.45) is 8.55. The molecule has 1 fully saturated rings. The van der Waals surface area contributed by atoms with E-state index in [1.54, 1.807) is 6.07 Å². The van der Waals surface area contributed by atoms with Crippen LogP contribution in [0.2, 0.25) is 0 Å². The quantitative estimate of drug-likeness (QED) is 0.682. The highest BCUT2D eigenvalue weighted by Gasteiger charge is 2.14. The van der Waals surface area contributed by atoms with Crippen molar-refractivity contribution in [3.63, 3.8) is 0 Å². The Morgan fingerprint density at radius 1 is 1.00 bits per heavy atom. The van der Waals surface area contributed by atoms with Gasteiger partial charge in [0, 0.05) is 43.4 Å². The molecule has 3 rings (SSSR count). The molecule has 6 nitrogen and oxygen atoms in total. The van der Waals surface area contributed by atoms with Gasteiger partial charge < -0.3 is 15.5 Å². The van der Waals surface area contributed by atoms with E-state index in [1.165, 1.54) is 30.9 Å². The van der Waals surface area contributed by atoms with Crippen LogP contribution >= 0.6 is 0 Å². The Balaban J connectivity index is 1.58. The second-order valence-corrected chi connectivity index (χ2v) is 7.12. The minimum atomic E-state index is -0.276. The van der Waals surface area contributed by atoms with Crippen molar-refractivity contribution in [2.45, 2.75) is 39.0 Å². The van der Waals surface area contributed by atoms with Gasteiger partial charge in [0.1, 0.15) is 0 Å². The molecule has 1 aliphatic rings. The van der Waals surface area contributed by atoms with Gasteiger partial charge in [-0.15, -0.1) is 0 Å². The smallest absolute Gasteiger partial charge is 0.257 e. The SMILES string of the molecule is CCCCCNC(=O)c1cncc(C(=O)Nc2ccc(N3CCCC3)cc2)c1. The highest BCUT2D eigenvalue weighted by Crippen LogP contribution is 2.22. The van der Waals surface area contributed by atoms with E-state index in [0.717, 1.165) is 38.0 Å². The third-order valence-corrected chi connectivity index (χ3v) is 4.92. The molecule has 1 saturated heterocycles. The van der Waals surface area contributed by atoms with Crippen molar-refractivity contribution in [3.05, 3.63) is 53.9 Å². The largest absolute Gasteiger partial charge is 0.372 e. The van der Waals surface area contributed by atoms with E-state index in [2.05, 4.69) is 27.4 Å². The van der Waals surface area contributed by atoms with Crippen LogP contribution in [0.15, 0.2) is 42.7 Å². The summed E-state index contributed by atoms with van der Waals surface area (Å²) in [5, 5.41) is 5.74. The summed E-state index contributed by atoms with van der Waals surface area (Å²) in [5.74, 6) is -0.477. The Morgan fingerprint density at radius 2 is 1.68 bits per heavy atom. The number of nitrogens with one attached hydrogen (secondary N) is 2. The minimum Gasteiger partial charge on any atom is -0.372 e. The second kappa shape index (κ2) is 9.88. The summed E-state index contributed by atoms with van der Waals surface area (Å²) < 4.78 is 0. The monoisotopic (exact) mass is 380 g/mol. The first-order valence-corrected chi connectivity index (χ1v) is 10.1. The van der Waals surface area contributed by atoms with Crippen LogP contribution in [-0.4, -0.2) is 36.4 Å². The predicted molar refractivity (Wildman–Crippen MR) is 112 cm³/mol. The lowest BCUT2D eigenvalue weighted by molar-refractivity contribution is 0.0952. The first-order chi connectivity index (χ1) is 13.7. The first kappa shape index (κ1) is 19.9. The molecule has 2 amide bonds. The molecule has 0 spiro atoms. The van der Waals surface area contributed by atoms with Crippen molar-refractivity contribution in [2.24, 2.45) is 0 Å². The Kier molecular flexibility index (Phi) is 7.00. The number of carbonyl (C=O) groups excluding carboxylic acids is 2. The van der Waals surface area contributed by atoms with Crippen LogP contribution in [0.1, 0.15) is 59.7 Å². The average molecular weight is 380 g/mol. The van der Waals surface area contributed by atoms with Crippen molar-refractivity contribution >= 4 is 23.2 Å². The maximum absolute atomic E-state index is 12.5. The van der Waals surface area contributed by atoms with Crippen molar-refractivity contribution in [2.75, 3.05) is 29.9 Å². The molecule has 148 valence electrons. The van der Waals surface area contributed by atoms with Gasteiger partial charge in [0.25, 0.3) is 11.8 Å². The maximum atomic E-state index is 12.5. The van der Waals surface area contributed by atoms with Crippen LogP contribution in [0.5, 0.6) is 0 Å². The number of hydrogen-bond donors (Lipinski definition) is 2. The number of pyridine rings is 1. The van der Waals surface area contributed by atoms with Crippen molar-refractivity contribution in [3.8, 4) is 0 Å². The highest BCUT2D eigenvalue weighted by atomic mass is 16.2. The number of amides is 2. The third-order valence-electron chi connectivity index (χ3n) is 4.92. The molecule has 28 heavy (non-hydrogen) atoms. The van der Waals surface area contributed by atoms with Gasteiger partial charge in [0.2, 0.25) is 0 Å². The van der Waals surface area contributed by atoms with Crippen LogP contribution in [-0.2, 0) is 0 Å². The zero-order valence-corrected chi connectivity index (χ0v) is 16.4. The lowest BCUT2D eigenvalue weighted by Gasteiger charge is -2.17. The van der Waals surface area contributed by atoms with Crippen LogP contribution in [0.25, 0.3) is 0 Å². The van der Waals surface area contributed by atoms with Gasteiger partial charge in [-0.3, -0.25) is 14.6 Å². The molecule has 0 saturated carbocycles. The molecule has 2 aromatic rings. The molecule has 0 atom stereocenters. The normalized spacial score (nSPS) is 13.4. The standard InChI is InChI=1S/C22H28N4O2/c1-2-3-4-11-24-21(27)17-14-18(16-23-15-17)22(28)25-19-7-9-20(10-8-19)26-12-5-6-13-26/h7-10,14-16H,2-6,11-13H2,1H3,(H,24,27)(H,25,28). The van der Waals surface area contributed by atoms with Crippen LogP contribution in [0, 0.1) is 0 Å². The number of anilines is 2. The molecule has 6 heteroatoms. The Labute approximate surface area is 166 Å². The Hall–Kier alpha value is -2.89. The fourth-order valence-corrected chi connectivity index (χ4v) is 3.30. The van der Waals surface area contributed by atoms with Gasteiger partial charge in [-0.1, -0.05) is 19.8 Å². The van der Waals surface area contributed by atoms with Crippen molar-refractivity contribution < 1.29 is 9.59 Å². The summed E-state index contributed by atoms with van der Waals surface area (Å²) >= 11 is 0. The van der Waals surface area contributed by atoms with Gasteiger partial charge in [-0.2, -0.15) is 0 Å². The molecular formula is C22H28N4O2. The van der Waals surface area contributed by atoms with Gasteiger partial charge in [0.15, 0.2) is 0 Å². The lowest BCUT2D eigenvalue weighted by atomic mass is 10.1. The molecule has 1 aromatic carbocycles. The summed E-state index contributed by atoms with van der Waals surface area (Å²) in [6.45, 7) is 4.93. The summed E-state index contributed by atoms with van der Waals surface area (Å²) in [5.41, 5.74) is 2.67. The first-order valence-electron chi connectivity index (χ1n) is 10.1. The fraction of sp³-hybridized carbons (Fsp3) is 0.409. The highest BCUT2D eigenvalue weighted by molar-refractivity contribution is 6.05. The van der Waals surface area contributed by atoms with Crippen molar-refractivity contribution in [1.29, 1.82) is 0 Å². The molecule has 0 bridgehead atoms. The molecule has 0 aliphatic carbocycles. The van der Waals surface area contributed by atoms with Gasteiger partial charge in [0.05, 0.1) is 11.1 Å².